The van der Waals surface area contributed by atoms with E-state index in [-0.39, 0.29) is 0 Å². The lowest BCUT2D eigenvalue weighted by Gasteiger charge is -2.26. The smallest absolute Gasteiger partial charge is 0.153 e. The maximum absolute atomic E-state index is 6.27. The summed E-state index contributed by atoms with van der Waals surface area (Å²) in [5.41, 5.74) is 6.74. The Balaban J connectivity index is 1.42. The molecule has 0 radical (unpaired) electrons. The molecule has 4 aromatic carbocycles. The van der Waals surface area contributed by atoms with E-state index in [0.29, 0.717) is 6.54 Å². The van der Waals surface area contributed by atoms with Crippen LogP contribution in [0.5, 0.6) is 0 Å². The zero-order valence-corrected chi connectivity index (χ0v) is 19.8. The number of hydrogen-bond acceptors (Lipinski definition) is 5. The van der Waals surface area contributed by atoms with Crippen LogP contribution in [0.2, 0.25) is 0 Å². The molecular formula is C32H21N3O2. The second-order valence-corrected chi connectivity index (χ2v) is 9.32. The van der Waals surface area contributed by atoms with Gasteiger partial charge in [-0.1, -0.05) is 36.4 Å². The molecule has 1 aliphatic rings. The Morgan fingerprint density at radius 2 is 1.59 bits per heavy atom. The number of rotatable bonds is 3. The van der Waals surface area contributed by atoms with Crippen molar-refractivity contribution in [1.82, 2.24) is 10.3 Å². The molecule has 0 amide bonds. The molecule has 8 rings (SSSR count). The van der Waals surface area contributed by atoms with Gasteiger partial charge in [-0.25, -0.2) is 0 Å². The van der Waals surface area contributed by atoms with E-state index < -0.39 is 0 Å². The van der Waals surface area contributed by atoms with Crippen LogP contribution in [-0.4, -0.2) is 4.98 Å². The summed E-state index contributed by atoms with van der Waals surface area (Å²) < 4.78 is 12.5. The van der Waals surface area contributed by atoms with Gasteiger partial charge in [-0.2, -0.15) is 0 Å². The SMILES string of the molecule is C1=Cc2c(oc3cccc(N(c4ccc5ccccc5c4)c4ccc5c(c4)oc4cnccc45)c23)CN1. The molecule has 0 unspecified atom stereocenters. The summed E-state index contributed by atoms with van der Waals surface area (Å²) in [6.45, 7) is 0.676. The first-order valence-corrected chi connectivity index (χ1v) is 12.3. The van der Waals surface area contributed by atoms with Crippen molar-refractivity contribution in [2.24, 2.45) is 0 Å². The number of furan rings is 2. The van der Waals surface area contributed by atoms with Crippen molar-refractivity contribution in [2.45, 2.75) is 6.54 Å². The van der Waals surface area contributed by atoms with Gasteiger partial charge < -0.3 is 19.1 Å². The molecule has 3 aromatic heterocycles. The quantitative estimate of drug-likeness (QED) is 0.276. The minimum Gasteiger partial charge on any atom is -0.458 e. The Kier molecular flexibility index (Phi) is 4.22. The zero-order chi connectivity index (χ0) is 24.3. The van der Waals surface area contributed by atoms with E-state index in [9.17, 15) is 0 Å². The molecule has 37 heavy (non-hydrogen) atoms. The molecule has 0 saturated heterocycles. The maximum atomic E-state index is 6.27. The number of benzene rings is 4. The van der Waals surface area contributed by atoms with Crippen molar-refractivity contribution in [2.75, 3.05) is 4.90 Å². The number of fused-ring (bicyclic) bond motifs is 7. The Labute approximate surface area is 212 Å². The van der Waals surface area contributed by atoms with E-state index in [1.165, 1.54) is 10.8 Å². The van der Waals surface area contributed by atoms with E-state index >= 15 is 0 Å². The van der Waals surface area contributed by atoms with Crippen LogP contribution < -0.4 is 10.2 Å². The van der Waals surface area contributed by atoms with Crippen molar-refractivity contribution < 1.29 is 8.83 Å². The first-order chi connectivity index (χ1) is 18.3. The topological polar surface area (TPSA) is 54.4 Å². The van der Waals surface area contributed by atoms with E-state index in [0.717, 1.165) is 61.3 Å². The Morgan fingerprint density at radius 3 is 2.57 bits per heavy atom. The standard InChI is InChI=1S/C32H21N3O2/c1-2-5-21-16-22(9-8-20(21)4-1)35(23-10-11-24-25-12-14-33-18-30(25)37-29(24)17-23)27-6-3-7-28-32(27)26-13-15-34-19-31(26)36-28/h1-18,34H,19H2. The van der Waals surface area contributed by atoms with Crippen molar-refractivity contribution >= 4 is 66.8 Å². The summed E-state index contributed by atoms with van der Waals surface area (Å²) in [7, 11) is 0. The first kappa shape index (κ1) is 20.2. The molecule has 0 saturated carbocycles. The molecular weight excluding hydrogens is 458 g/mol. The lowest BCUT2D eigenvalue weighted by Crippen LogP contribution is -2.11. The summed E-state index contributed by atoms with van der Waals surface area (Å²) in [4.78, 5) is 6.53. The lowest BCUT2D eigenvalue weighted by molar-refractivity contribution is 0.532. The molecule has 4 heterocycles. The fourth-order valence-corrected chi connectivity index (χ4v) is 5.49. The molecule has 0 bridgehead atoms. The Bertz CT molecular complexity index is 2010. The highest BCUT2D eigenvalue weighted by Crippen LogP contribution is 2.44. The lowest BCUT2D eigenvalue weighted by atomic mass is 10.0. The van der Waals surface area contributed by atoms with E-state index in [2.05, 4.69) is 94.1 Å². The Morgan fingerprint density at radius 1 is 0.730 bits per heavy atom. The molecule has 1 N–H and O–H groups in total. The van der Waals surface area contributed by atoms with Gasteiger partial charge in [-0.3, -0.25) is 4.98 Å². The highest BCUT2D eigenvalue weighted by molar-refractivity contribution is 6.07. The van der Waals surface area contributed by atoms with Gasteiger partial charge in [0.25, 0.3) is 0 Å². The van der Waals surface area contributed by atoms with Gasteiger partial charge >= 0.3 is 0 Å². The third kappa shape index (κ3) is 3.07. The predicted molar refractivity (Wildman–Crippen MR) is 149 cm³/mol. The van der Waals surface area contributed by atoms with E-state index in [4.69, 9.17) is 8.83 Å². The summed E-state index contributed by atoms with van der Waals surface area (Å²) >= 11 is 0. The monoisotopic (exact) mass is 479 g/mol. The summed E-state index contributed by atoms with van der Waals surface area (Å²) in [5, 5.41) is 8.89. The summed E-state index contributed by atoms with van der Waals surface area (Å²) in [6.07, 6.45) is 7.66. The van der Waals surface area contributed by atoms with E-state index in [1.54, 1.807) is 12.4 Å². The maximum Gasteiger partial charge on any atom is 0.153 e. The van der Waals surface area contributed by atoms with Crippen LogP contribution in [-0.2, 0) is 6.54 Å². The van der Waals surface area contributed by atoms with Gasteiger partial charge in [0.2, 0.25) is 0 Å². The molecule has 0 spiro atoms. The van der Waals surface area contributed by atoms with Gasteiger partial charge in [0.05, 0.1) is 23.8 Å². The third-order valence-electron chi connectivity index (χ3n) is 7.19. The number of aromatic nitrogens is 1. The predicted octanol–water partition coefficient (Wildman–Crippen LogP) is 8.42. The normalized spacial score (nSPS) is 12.9. The molecule has 5 heteroatoms. The van der Waals surface area contributed by atoms with Gasteiger partial charge in [-0.15, -0.1) is 0 Å². The average Bonchev–Trinajstić information content (AvgIpc) is 3.51. The zero-order valence-electron chi connectivity index (χ0n) is 19.8. The highest BCUT2D eigenvalue weighted by atomic mass is 16.3. The van der Waals surface area contributed by atoms with E-state index in [1.807, 2.05) is 18.3 Å². The molecule has 0 atom stereocenters. The first-order valence-electron chi connectivity index (χ1n) is 12.3. The molecule has 176 valence electrons. The molecule has 0 fully saturated rings. The summed E-state index contributed by atoms with van der Waals surface area (Å²) in [6, 6.07) is 29.7. The second-order valence-electron chi connectivity index (χ2n) is 9.32. The Hall–Kier alpha value is -5.03. The van der Waals surface area contributed by atoms with Crippen LogP contribution in [0, 0.1) is 0 Å². The van der Waals surface area contributed by atoms with Gasteiger partial charge in [0, 0.05) is 40.0 Å². The molecule has 1 aliphatic heterocycles. The van der Waals surface area contributed by atoms with Crippen molar-refractivity contribution in [3.8, 4) is 0 Å². The van der Waals surface area contributed by atoms with Crippen LogP contribution in [0.15, 0.2) is 112 Å². The van der Waals surface area contributed by atoms with Crippen molar-refractivity contribution in [3.05, 3.63) is 115 Å². The molecule has 7 aromatic rings. The second kappa shape index (κ2) is 7.73. The van der Waals surface area contributed by atoms with Gasteiger partial charge in [0.1, 0.15) is 16.9 Å². The number of nitrogens with zero attached hydrogens (tertiary/aromatic N) is 2. The number of hydrogen-bond donors (Lipinski definition) is 1. The largest absolute Gasteiger partial charge is 0.458 e. The summed E-state index contributed by atoms with van der Waals surface area (Å²) in [5.74, 6) is 0.948. The van der Waals surface area contributed by atoms with Crippen LogP contribution >= 0.6 is 0 Å². The van der Waals surface area contributed by atoms with Crippen molar-refractivity contribution in [1.29, 1.82) is 0 Å². The molecule has 5 nitrogen and oxygen atoms in total. The fourth-order valence-electron chi connectivity index (χ4n) is 5.49. The fraction of sp³-hybridized carbons (Fsp3) is 0.0312. The van der Waals surface area contributed by atoms with Crippen LogP contribution in [0.1, 0.15) is 11.3 Å². The van der Waals surface area contributed by atoms with Gasteiger partial charge in [0.15, 0.2) is 5.58 Å². The van der Waals surface area contributed by atoms with Crippen LogP contribution in [0.4, 0.5) is 17.1 Å². The minimum atomic E-state index is 0.676. The van der Waals surface area contributed by atoms with Gasteiger partial charge in [-0.05, 0) is 65.5 Å². The molecule has 0 aliphatic carbocycles. The minimum absolute atomic E-state index is 0.676. The third-order valence-corrected chi connectivity index (χ3v) is 7.19. The number of pyridine rings is 1. The number of anilines is 3. The van der Waals surface area contributed by atoms with Crippen molar-refractivity contribution in [3.63, 3.8) is 0 Å². The van der Waals surface area contributed by atoms with Crippen LogP contribution in [0.25, 0.3) is 49.8 Å². The van der Waals surface area contributed by atoms with Crippen LogP contribution in [0.3, 0.4) is 0 Å². The highest BCUT2D eigenvalue weighted by Gasteiger charge is 2.23. The number of nitrogens with one attached hydrogen (secondary N) is 1. The average molecular weight is 480 g/mol.